The number of phenols is 3. The molecule has 0 radical (unpaired) electrons. The van der Waals surface area contributed by atoms with Gasteiger partial charge in [0.15, 0.2) is 23.0 Å². The summed E-state index contributed by atoms with van der Waals surface area (Å²) in [6, 6.07) is 8.74. The Morgan fingerprint density at radius 3 is 2.20 bits per heavy atom. The zero-order valence-electron chi connectivity index (χ0n) is 23.3. The molecule has 1 aliphatic heterocycles. The van der Waals surface area contributed by atoms with E-state index >= 15 is 0 Å². The van der Waals surface area contributed by atoms with Crippen molar-refractivity contribution in [2.45, 2.75) is 121 Å². The number of esters is 1. The van der Waals surface area contributed by atoms with Gasteiger partial charge in [-0.15, -0.1) is 0 Å². The zero-order chi connectivity index (χ0) is 28.1. The van der Waals surface area contributed by atoms with Crippen molar-refractivity contribution in [3.8, 4) is 28.7 Å². The van der Waals surface area contributed by atoms with Crippen LogP contribution in [0.3, 0.4) is 0 Å². The summed E-state index contributed by atoms with van der Waals surface area (Å²) < 4.78 is 24.3. The van der Waals surface area contributed by atoms with Crippen LogP contribution in [-0.2, 0) is 20.7 Å². The molecule has 218 valence electrons. The predicted molar refractivity (Wildman–Crippen MR) is 149 cm³/mol. The van der Waals surface area contributed by atoms with Crippen molar-refractivity contribution in [2.24, 2.45) is 0 Å². The maximum atomic E-state index is 11.8. The van der Waals surface area contributed by atoms with E-state index in [1.54, 1.807) is 12.1 Å². The van der Waals surface area contributed by atoms with E-state index in [4.69, 9.17) is 18.9 Å². The number of aromatic hydroxyl groups is 3. The van der Waals surface area contributed by atoms with Gasteiger partial charge in [-0.1, -0.05) is 12.5 Å². The third-order valence-electron chi connectivity index (χ3n) is 8.36. The minimum absolute atomic E-state index is 0.0201. The van der Waals surface area contributed by atoms with Crippen molar-refractivity contribution in [3.05, 3.63) is 41.5 Å². The first-order valence-electron chi connectivity index (χ1n) is 14.9. The maximum Gasteiger partial charge on any atom is 0.302 e. The van der Waals surface area contributed by atoms with Crippen LogP contribution in [-0.4, -0.2) is 45.7 Å². The lowest BCUT2D eigenvalue weighted by Crippen LogP contribution is -2.34. The lowest BCUT2D eigenvalue weighted by molar-refractivity contribution is -0.160. The van der Waals surface area contributed by atoms with E-state index in [1.807, 2.05) is 12.1 Å². The zero-order valence-corrected chi connectivity index (χ0v) is 23.3. The normalized spacial score (nSPS) is 24.1. The molecular formula is C32H42O8. The van der Waals surface area contributed by atoms with E-state index in [0.29, 0.717) is 37.0 Å². The molecule has 8 heteroatoms. The van der Waals surface area contributed by atoms with Crippen LogP contribution in [0, 0.1) is 0 Å². The molecule has 5 rings (SSSR count). The third-order valence-corrected chi connectivity index (χ3v) is 8.36. The molecular weight excluding hydrogens is 512 g/mol. The number of benzene rings is 2. The predicted octanol–water partition coefficient (Wildman–Crippen LogP) is 6.62. The molecule has 3 atom stereocenters. The Labute approximate surface area is 236 Å². The summed E-state index contributed by atoms with van der Waals surface area (Å²) in [4.78, 5) is 11.8. The van der Waals surface area contributed by atoms with Gasteiger partial charge in [0, 0.05) is 19.8 Å². The van der Waals surface area contributed by atoms with Gasteiger partial charge in [0.1, 0.15) is 6.10 Å². The first kappa shape index (κ1) is 28.4. The maximum absolute atomic E-state index is 11.8. The lowest BCUT2D eigenvalue weighted by Gasteiger charge is -2.35. The Kier molecular flexibility index (Phi) is 9.25. The molecule has 3 aliphatic rings. The molecule has 1 heterocycles. The smallest absolute Gasteiger partial charge is 0.302 e. The highest BCUT2D eigenvalue weighted by Gasteiger charge is 2.33. The molecule has 8 nitrogen and oxygen atoms in total. The average molecular weight is 555 g/mol. The number of rotatable bonds is 9. The van der Waals surface area contributed by atoms with E-state index in [1.165, 1.54) is 19.4 Å². The van der Waals surface area contributed by atoms with E-state index < -0.39 is 6.10 Å². The summed E-state index contributed by atoms with van der Waals surface area (Å²) in [5.41, 5.74) is 1.71. The molecule has 2 aliphatic carbocycles. The topological polar surface area (TPSA) is 115 Å². The lowest BCUT2D eigenvalue weighted by atomic mass is 9.92. The van der Waals surface area contributed by atoms with Crippen molar-refractivity contribution >= 4 is 5.97 Å². The van der Waals surface area contributed by atoms with Crippen molar-refractivity contribution in [3.63, 3.8) is 0 Å². The second kappa shape index (κ2) is 13.0. The molecule has 40 heavy (non-hydrogen) atoms. The highest BCUT2D eigenvalue weighted by molar-refractivity contribution is 5.66. The van der Waals surface area contributed by atoms with Gasteiger partial charge < -0.3 is 34.3 Å². The van der Waals surface area contributed by atoms with Crippen LogP contribution in [0.1, 0.15) is 101 Å². The van der Waals surface area contributed by atoms with Gasteiger partial charge in [0.2, 0.25) is 5.75 Å². The Balaban J connectivity index is 1.28. The van der Waals surface area contributed by atoms with Gasteiger partial charge in [0.05, 0.1) is 24.4 Å². The SMILES string of the molecule is CC(=O)OC1CC(CCc2ccc(O)c(OC3CCCCC3)c2)OC(c2cc(O)c(O)c(OC3CCCC3)c2)C1. The largest absolute Gasteiger partial charge is 0.504 e. The molecule has 0 aromatic heterocycles. The molecule has 1 saturated heterocycles. The molecule has 3 N–H and O–H groups in total. The quantitative estimate of drug-likeness (QED) is 0.234. The number of hydrogen-bond donors (Lipinski definition) is 3. The minimum atomic E-state index is -0.439. The van der Waals surface area contributed by atoms with Crippen molar-refractivity contribution in [1.29, 1.82) is 0 Å². The average Bonchev–Trinajstić information content (AvgIpc) is 3.45. The fourth-order valence-corrected chi connectivity index (χ4v) is 6.28. The second-order valence-corrected chi connectivity index (χ2v) is 11.6. The van der Waals surface area contributed by atoms with Crippen LogP contribution >= 0.6 is 0 Å². The van der Waals surface area contributed by atoms with Crippen molar-refractivity contribution in [1.82, 2.24) is 0 Å². The molecule has 2 aromatic carbocycles. The Hall–Kier alpha value is -3.13. The molecule has 0 bridgehead atoms. The number of phenolic OH excluding ortho intramolecular Hbond substituents is 3. The molecule has 3 fully saturated rings. The molecule has 2 saturated carbocycles. The summed E-state index contributed by atoms with van der Waals surface area (Å²) in [7, 11) is 0. The van der Waals surface area contributed by atoms with Crippen LogP contribution in [0.2, 0.25) is 0 Å². The Morgan fingerprint density at radius 2 is 1.50 bits per heavy atom. The van der Waals surface area contributed by atoms with E-state index in [-0.39, 0.29) is 53.4 Å². The number of aryl methyl sites for hydroxylation is 1. The monoisotopic (exact) mass is 554 g/mol. The fraction of sp³-hybridized carbons (Fsp3) is 0.594. The molecule has 0 spiro atoms. The summed E-state index contributed by atoms with van der Waals surface area (Å²) in [5.74, 6) is 0.0745. The Morgan fingerprint density at radius 1 is 0.825 bits per heavy atom. The van der Waals surface area contributed by atoms with Gasteiger partial charge in [-0.3, -0.25) is 4.79 Å². The standard InChI is InChI=1S/C32H42O8/c1-20(33)37-26-18-25(13-11-21-12-14-27(34)30(15-21)38-23-7-3-2-4-8-23)40-29(19-26)22-16-28(35)32(36)31(17-22)39-24-9-5-6-10-24/h12,14-17,23-26,29,34-36H,2-11,13,18-19H2,1H3. The van der Waals surface area contributed by atoms with Gasteiger partial charge >= 0.3 is 5.97 Å². The Bertz CT molecular complexity index is 1150. The van der Waals surface area contributed by atoms with Crippen LogP contribution in [0.25, 0.3) is 0 Å². The van der Waals surface area contributed by atoms with Gasteiger partial charge in [0.25, 0.3) is 0 Å². The summed E-state index contributed by atoms with van der Waals surface area (Å²) in [5, 5.41) is 31.3. The highest BCUT2D eigenvalue weighted by Crippen LogP contribution is 2.43. The summed E-state index contributed by atoms with van der Waals surface area (Å²) in [6.45, 7) is 1.41. The number of carbonyl (C=O) groups is 1. The fourth-order valence-electron chi connectivity index (χ4n) is 6.28. The van der Waals surface area contributed by atoms with E-state index in [2.05, 4.69) is 0 Å². The molecule has 3 unspecified atom stereocenters. The highest BCUT2D eigenvalue weighted by atomic mass is 16.6. The van der Waals surface area contributed by atoms with Gasteiger partial charge in [-0.05, 0) is 99.6 Å². The van der Waals surface area contributed by atoms with Crippen LogP contribution in [0.15, 0.2) is 30.3 Å². The number of hydrogen-bond acceptors (Lipinski definition) is 8. The third kappa shape index (κ3) is 7.33. The molecule has 0 amide bonds. The first-order chi connectivity index (χ1) is 19.3. The van der Waals surface area contributed by atoms with E-state index in [9.17, 15) is 20.1 Å². The minimum Gasteiger partial charge on any atom is -0.504 e. The van der Waals surface area contributed by atoms with Crippen molar-refractivity contribution < 1.29 is 39.1 Å². The van der Waals surface area contributed by atoms with Crippen molar-refractivity contribution in [2.75, 3.05) is 0 Å². The van der Waals surface area contributed by atoms with Gasteiger partial charge in [-0.25, -0.2) is 0 Å². The number of carbonyl (C=O) groups excluding carboxylic acids is 1. The summed E-state index contributed by atoms with van der Waals surface area (Å²) in [6.07, 6.45) is 11.2. The van der Waals surface area contributed by atoms with E-state index in [0.717, 1.165) is 56.9 Å². The second-order valence-electron chi connectivity index (χ2n) is 11.6. The van der Waals surface area contributed by atoms with Crippen LogP contribution in [0.5, 0.6) is 28.7 Å². The van der Waals surface area contributed by atoms with Crippen LogP contribution < -0.4 is 9.47 Å². The number of ether oxygens (including phenoxy) is 4. The summed E-state index contributed by atoms with van der Waals surface area (Å²) >= 11 is 0. The van der Waals surface area contributed by atoms with Gasteiger partial charge in [-0.2, -0.15) is 0 Å². The van der Waals surface area contributed by atoms with Crippen LogP contribution in [0.4, 0.5) is 0 Å². The molecule has 2 aromatic rings. The first-order valence-corrected chi connectivity index (χ1v) is 14.9.